The number of hydrogen-bond acceptors (Lipinski definition) is 7. The van der Waals surface area contributed by atoms with Crippen LogP contribution in [-0.4, -0.2) is 82.6 Å². The van der Waals surface area contributed by atoms with Crippen LogP contribution in [0, 0.1) is 0 Å². The standard InChI is InChI=1S/C28H31N5O4/c1-17(2)33-12-10-32(11-13-33)16-25(34)29-20-6-9-22-18(14-20)5-8-23(30-22)26-21-7-4-19(28(36)37-3)15-24(21)31-27(26)35/h4-9,14-15,17,31,35H,10-13,16H2,1-3H3,(H,29,34). The molecule has 0 radical (unpaired) electrons. The normalized spacial score (nSPS) is 14.9. The van der Waals surface area contributed by atoms with Gasteiger partial charge in [-0.3, -0.25) is 14.6 Å². The van der Waals surface area contributed by atoms with Gasteiger partial charge in [0.25, 0.3) is 0 Å². The van der Waals surface area contributed by atoms with Crippen molar-refractivity contribution in [2.45, 2.75) is 19.9 Å². The Hall–Kier alpha value is -3.95. The monoisotopic (exact) mass is 501 g/mol. The van der Waals surface area contributed by atoms with Crippen LogP contribution in [0.4, 0.5) is 5.69 Å². The fourth-order valence-electron chi connectivity index (χ4n) is 4.87. The summed E-state index contributed by atoms with van der Waals surface area (Å²) in [6, 6.07) is 14.9. The quantitative estimate of drug-likeness (QED) is 0.344. The molecule has 5 rings (SSSR count). The summed E-state index contributed by atoms with van der Waals surface area (Å²) < 4.78 is 4.78. The lowest BCUT2D eigenvalue weighted by molar-refractivity contribution is -0.117. The molecule has 0 spiro atoms. The number of amides is 1. The number of nitrogens with one attached hydrogen (secondary N) is 2. The first-order valence-electron chi connectivity index (χ1n) is 12.4. The third kappa shape index (κ3) is 5.14. The van der Waals surface area contributed by atoms with Crippen molar-refractivity contribution in [1.29, 1.82) is 0 Å². The Morgan fingerprint density at radius 3 is 2.59 bits per heavy atom. The molecule has 0 aliphatic carbocycles. The van der Waals surface area contributed by atoms with E-state index in [1.165, 1.54) is 7.11 Å². The average Bonchev–Trinajstić information content (AvgIpc) is 3.23. The number of aromatic hydroxyl groups is 1. The number of nitrogens with zero attached hydrogens (tertiary/aromatic N) is 3. The summed E-state index contributed by atoms with van der Waals surface area (Å²) in [6.07, 6.45) is 0. The first-order valence-corrected chi connectivity index (χ1v) is 12.4. The maximum Gasteiger partial charge on any atom is 0.337 e. The molecule has 37 heavy (non-hydrogen) atoms. The highest BCUT2D eigenvalue weighted by Crippen LogP contribution is 2.37. The molecule has 3 heterocycles. The molecule has 4 aromatic rings. The van der Waals surface area contributed by atoms with Gasteiger partial charge in [-0.25, -0.2) is 9.78 Å². The third-order valence-corrected chi connectivity index (χ3v) is 6.93. The Morgan fingerprint density at radius 1 is 1.08 bits per heavy atom. The second-order valence-corrected chi connectivity index (χ2v) is 9.66. The van der Waals surface area contributed by atoms with E-state index in [1.807, 2.05) is 30.3 Å². The maximum absolute atomic E-state index is 12.6. The van der Waals surface area contributed by atoms with Gasteiger partial charge >= 0.3 is 5.97 Å². The molecule has 192 valence electrons. The molecular formula is C28H31N5O4. The lowest BCUT2D eigenvalue weighted by Gasteiger charge is -2.36. The number of pyridine rings is 1. The largest absolute Gasteiger partial charge is 0.494 e. The molecule has 1 fully saturated rings. The summed E-state index contributed by atoms with van der Waals surface area (Å²) in [5.41, 5.74) is 3.61. The van der Waals surface area contributed by atoms with Crippen LogP contribution in [0.25, 0.3) is 33.1 Å². The molecule has 9 heteroatoms. The van der Waals surface area contributed by atoms with E-state index < -0.39 is 5.97 Å². The number of aromatic nitrogens is 2. The van der Waals surface area contributed by atoms with Crippen molar-refractivity contribution in [1.82, 2.24) is 19.8 Å². The van der Waals surface area contributed by atoms with Crippen molar-refractivity contribution in [3.8, 4) is 17.1 Å². The van der Waals surface area contributed by atoms with Crippen molar-refractivity contribution in [2.24, 2.45) is 0 Å². The van der Waals surface area contributed by atoms with E-state index in [4.69, 9.17) is 9.72 Å². The number of benzene rings is 2. The smallest absolute Gasteiger partial charge is 0.337 e. The summed E-state index contributed by atoms with van der Waals surface area (Å²) in [4.78, 5) is 36.8. The predicted octanol–water partition coefficient (Wildman–Crippen LogP) is 3.84. The molecule has 0 bridgehead atoms. The Balaban J connectivity index is 1.31. The molecule has 2 aromatic heterocycles. The first-order chi connectivity index (χ1) is 17.8. The van der Waals surface area contributed by atoms with E-state index in [0.29, 0.717) is 34.9 Å². The fourth-order valence-corrected chi connectivity index (χ4v) is 4.87. The zero-order valence-corrected chi connectivity index (χ0v) is 21.2. The van der Waals surface area contributed by atoms with Gasteiger partial charge in [-0.1, -0.05) is 12.1 Å². The Morgan fingerprint density at radius 2 is 1.86 bits per heavy atom. The van der Waals surface area contributed by atoms with Gasteiger partial charge in [-0.2, -0.15) is 0 Å². The van der Waals surface area contributed by atoms with Gasteiger partial charge in [0.15, 0.2) is 5.88 Å². The van der Waals surface area contributed by atoms with Gasteiger partial charge in [0.05, 0.1) is 36.0 Å². The van der Waals surface area contributed by atoms with Crippen molar-refractivity contribution in [3.63, 3.8) is 0 Å². The number of anilines is 1. The molecule has 0 saturated carbocycles. The van der Waals surface area contributed by atoms with Crippen LogP contribution in [0.3, 0.4) is 0 Å². The number of H-pyrrole nitrogens is 1. The van der Waals surface area contributed by atoms with Gasteiger partial charge in [0, 0.05) is 54.2 Å². The van der Waals surface area contributed by atoms with Gasteiger partial charge in [0.1, 0.15) is 0 Å². The van der Waals surface area contributed by atoms with Gasteiger partial charge in [-0.15, -0.1) is 0 Å². The van der Waals surface area contributed by atoms with Gasteiger partial charge in [-0.05, 0) is 50.2 Å². The lowest BCUT2D eigenvalue weighted by atomic mass is 10.1. The van der Waals surface area contributed by atoms with E-state index in [-0.39, 0.29) is 11.8 Å². The molecule has 0 unspecified atom stereocenters. The summed E-state index contributed by atoms with van der Waals surface area (Å²) in [6.45, 7) is 8.51. The van der Waals surface area contributed by atoms with Gasteiger partial charge < -0.3 is 20.1 Å². The van der Waals surface area contributed by atoms with Crippen molar-refractivity contribution >= 4 is 39.4 Å². The highest BCUT2D eigenvalue weighted by atomic mass is 16.5. The van der Waals surface area contributed by atoms with E-state index in [9.17, 15) is 14.7 Å². The number of fused-ring (bicyclic) bond motifs is 2. The predicted molar refractivity (Wildman–Crippen MR) is 144 cm³/mol. The zero-order valence-electron chi connectivity index (χ0n) is 21.2. The van der Waals surface area contributed by atoms with Crippen LogP contribution in [-0.2, 0) is 9.53 Å². The fraction of sp³-hybridized carbons (Fsp3) is 0.321. The molecular weight excluding hydrogens is 470 g/mol. The summed E-state index contributed by atoms with van der Waals surface area (Å²) in [5.74, 6) is -0.503. The minimum absolute atomic E-state index is 0.0259. The summed E-state index contributed by atoms with van der Waals surface area (Å²) in [5, 5.41) is 15.2. The van der Waals surface area contributed by atoms with Gasteiger partial charge in [0.2, 0.25) is 5.91 Å². The van der Waals surface area contributed by atoms with Crippen LogP contribution in [0.2, 0.25) is 0 Å². The molecule has 9 nitrogen and oxygen atoms in total. The summed E-state index contributed by atoms with van der Waals surface area (Å²) >= 11 is 0. The van der Waals surface area contributed by atoms with E-state index in [2.05, 4.69) is 33.9 Å². The number of aromatic amines is 1. The topological polar surface area (TPSA) is 111 Å². The molecule has 1 saturated heterocycles. The number of carbonyl (C=O) groups is 2. The highest BCUT2D eigenvalue weighted by Gasteiger charge is 2.21. The zero-order chi connectivity index (χ0) is 26.1. The van der Waals surface area contributed by atoms with Crippen molar-refractivity contribution in [2.75, 3.05) is 45.2 Å². The molecule has 0 atom stereocenters. The Bertz CT molecular complexity index is 1470. The second-order valence-electron chi connectivity index (χ2n) is 9.66. The number of rotatable bonds is 6. The lowest BCUT2D eigenvalue weighted by Crippen LogP contribution is -2.50. The number of methoxy groups -OCH3 is 1. The molecule has 1 aliphatic rings. The van der Waals surface area contributed by atoms with Crippen molar-refractivity contribution < 1.29 is 19.4 Å². The third-order valence-electron chi connectivity index (χ3n) is 6.93. The highest BCUT2D eigenvalue weighted by molar-refractivity contribution is 6.03. The van der Waals surface area contributed by atoms with E-state index in [0.717, 1.165) is 48.2 Å². The number of piperazine rings is 1. The maximum atomic E-state index is 12.6. The van der Waals surface area contributed by atoms with E-state index >= 15 is 0 Å². The van der Waals surface area contributed by atoms with Crippen molar-refractivity contribution in [3.05, 3.63) is 54.1 Å². The Kier molecular flexibility index (Phi) is 6.82. The number of ether oxygens (including phenoxy) is 1. The minimum Gasteiger partial charge on any atom is -0.494 e. The van der Waals surface area contributed by atoms with Crippen LogP contribution in [0.5, 0.6) is 5.88 Å². The molecule has 1 aliphatic heterocycles. The number of esters is 1. The van der Waals surface area contributed by atoms with Crippen LogP contribution < -0.4 is 5.32 Å². The molecule has 3 N–H and O–H groups in total. The van der Waals surface area contributed by atoms with Crippen LogP contribution in [0.15, 0.2) is 48.5 Å². The van der Waals surface area contributed by atoms with E-state index in [1.54, 1.807) is 18.2 Å². The number of carbonyl (C=O) groups excluding carboxylic acids is 2. The van der Waals surface area contributed by atoms with Crippen LogP contribution in [0.1, 0.15) is 24.2 Å². The second kappa shape index (κ2) is 10.2. The first kappa shape index (κ1) is 24.7. The minimum atomic E-state index is -0.446. The molecule has 2 aromatic carbocycles. The average molecular weight is 502 g/mol. The SMILES string of the molecule is COC(=O)c1ccc2c(-c3ccc4cc(NC(=O)CN5CCN(C(C)C)CC5)ccc4n3)c(O)[nH]c2c1. The van der Waals surface area contributed by atoms with Crippen LogP contribution >= 0.6 is 0 Å². The molecule has 1 amide bonds. The summed E-state index contributed by atoms with van der Waals surface area (Å²) in [7, 11) is 1.33. The number of hydrogen-bond donors (Lipinski definition) is 3. The Labute approximate surface area is 215 Å².